The summed E-state index contributed by atoms with van der Waals surface area (Å²) in [5.74, 6) is 0. The summed E-state index contributed by atoms with van der Waals surface area (Å²) < 4.78 is 5.24. The molecule has 0 bridgehead atoms. The van der Waals surface area contributed by atoms with Gasteiger partial charge in [0.2, 0.25) is 0 Å². The van der Waals surface area contributed by atoms with Crippen molar-refractivity contribution in [2.45, 2.75) is 12.8 Å². The molecular weight excluding hydrogens is 265 g/mol. The van der Waals surface area contributed by atoms with E-state index in [2.05, 4.69) is 40.3 Å². The topological polar surface area (TPSA) is 50.8 Å². The fourth-order valence-corrected chi connectivity index (χ4v) is 1.71. The number of aromatic amines is 1. The van der Waals surface area contributed by atoms with Gasteiger partial charge in [0.25, 0.3) is 0 Å². The van der Waals surface area contributed by atoms with Gasteiger partial charge in [-0.1, -0.05) is 12.1 Å². The molecule has 0 aliphatic rings. The summed E-state index contributed by atoms with van der Waals surface area (Å²) >= 11 is 9.31. The van der Waals surface area contributed by atoms with Crippen LogP contribution in [0.5, 0.6) is 0 Å². The maximum absolute atomic E-state index is 5.06. The summed E-state index contributed by atoms with van der Waals surface area (Å²) in [6.07, 6.45) is 1.74. The Morgan fingerprint density at radius 1 is 1.41 bits per heavy atom. The molecular formula is C10H10N3NaOS2. The van der Waals surface area contributed by atoms with Gasteiger partial charge in [-0.25, -0.2) is 0 Å². The zero-order valence-corrected chi connectivity index (χ0v) is 13.1. The first-order valence-electron chi connectivity index (χ1n) is 4.89. The molecule has 2 rings (SSSR count). The Bertz CT molecular complexity index is 503. The fourth-order valence-electron chi connectivity index (χ4n) is 1.55. The number of para-hydroxylation sites is 1. The zero-order valence-electron chi connectivity index (χ0n) is 9.47. The van der Waals surface area contributed by atoms with Gasteiger partial charge < -0.3 is 29.6 Å². The number of aryl methyl sites for hydroxylation is 1. The number of nitrogens with zero attached hydrogens (tertiary/aromatic N) is 2. The summed E-state index contributed by atoms with van der Waals surface area (Å²) in [6, 6.07) is 5.94. The fraction of sp³-hybridized carbons (Fsp3) is 0.300. The third-order valence-corrected chi connectivity index (χ3v) is 2.48. The molecule has 7 heteroatoms. The first-order valence-corrected chi connectivity index (χ1v) is 5.71. The number of benzene rings is 1. The van der Waals surface area contributed by atoms with Crippen molar-refractivity contribution in [2.75, 3.05) is 6.61 Å². The van der Waals surface area contributed by atoms with Crippen LogP contribution in [0.1, 0.15) is 12.0 Å². The van der Waals surface area contributed by atoms with Gasteiger partial charge in [0.15, 0.2) is 0 Å². The van der Waals surface area contributed by atoms with Crippen LogP contribution in [0, 0.1) is 0 Å². The molecule has 0 aliphatic heterocycles. The summed E-state index contributed by atoms with van der Waals surface area (Å²) in [5, 5.41) is 10.8. The van der Waals surface area contributed by atoms with Gasteiger partial charge in [0.05, 0.1) is 6.61 Å². The van der Waals surface area contributed by atoms with E-state index in [1.165, 1.54) is 0 Å². The second-order valence-corrected chi connectivity index (χ2v) is 4.31. The monoisotopic (exact) mass is 275 g/mol. The van der Waals surface area contributed by atoms with E-state index in [9.17, 15) is 0 Å². The van der Waals surface area contributed by atoms with E-state index < -0.39 is 0 Å². The van der Waals surface area contributed by atoms with Crippen LogP contribution < -0.4 is 29.6 Å². The average Bonchev–Trinajstić information content (AvgIpc) is 2.72. The van der Waals surface area contributed by atoms with Crippen LogP contribution in [-0.4, -0.2) is 26.4 Å². The first-order chi connectivity index (χ1) is 7.77. The number of ether oxygens (including phenoxy) is 1. The van der Waals surface area contributed by atoms with Crippen molar-refractivity contribution in [3.63, 3.8) is 0 Å². The van der Waals surface area contributed by atoms with Gasteiger partial charge in [0, 0.05) is 4.38 Å². The molecule has 1 N–H and O–H groups in total. The molecule has 2 aromatic rings. The second kappa shape index (κ2) is 7.23. The summed E-state index contributed by atoms with van der Waals surface area (Å²) in [5.41, 5.74) is 2.96. The third kappa shape index (κ3) is 4.15. The zero-order chi connectivity index (χ0) is 11.4. The van der Waals surface area contributed by atoms with Gasteiger partial charge in [-0.2, -0.15) is 15.4 Å². The van der Waals surface area contributed by atoms with Crippen LogP contribution in [0.25, 0.3) is 11.0 Å². The number of aromatic nitrogens is 3. The Morgan fingerprint density at radius 3 is 3.00 bits per heavy atom. The Morgan fingerprint density at radius 2 is 2.24 bits per heavy atom. The standard InChI is InChI=1S/C10H11N3OS2.Na/c15-10(16)14-6-2-4-7-3-1-5-8-9(7)12-13-11-8;/h1,3,5H,2,4,6H2,(H,15,16)(H,11,12,13);/q;+1/p-1. The van der Waals surface area contributed by atoms with E-state index in [1.54, 1.807) is 0 Å². The Hall–Kier alpha value is -0.270. The van der Waals surface area contributed by atoms with Crippen molar-refractivity contribution in [3.05, 3.63) is 23.8 Å². The molecule has 0 atom stereocenters. The summed E-state index contributed by atoms with van der Waals surface area (Å²) in [6.45, 7) is 0.552. The summed E-state index contributed by atoms with van der Waals surface area (Å²) in [7, 11) is 0. The van der Waals surface area contributed by atoms with E-state index in [0.717, 1.165) is 29.4 Å². The predicted molar refractivity (Wildman–Crippen MR) is 68.1 cm³/mol. The van der Waals surface area contributed by atoms with Crippen molar-refractivity contribution in [1.82, 2.24) is 15.4 Å². The minimum atomic E-state index is 0. The number of H-pyrrole nitrogens is 1. The Labute approximate surface area is 132 Å². The van der Waals surface area contributed by atoms with Gasteiger partial charge in [0.1, 0.15) is 11.0 Å². The van der Waals surface area contributed by atoms with Gasteiger partial charge in [-0.3, -0.25) is 0 Å². The van der Waals surface area contributed by atoms with E-state index in [1.807, 2.05) is 18.2 Å². The molecule has 84 valence electrons. The molecule has 17 heavy (non-hydrogen) atoms. The molecule has 1 aromatic heterocycles. The number of hydrogen-bond donors (Lipinski definition) is 1. The number of hydrogen-bond acceptors (Lipinski definition) is 5. The minimum Gasteiger partial charge on any atom is -0.514 e. The van der Waals surface area contributed by atoms with Crippen molar-refractivity contribution >= 4 is 40.3 Å². The third-order valence-electron chi connectivity index (χ3n) is 2.24. The molecule has 1 heterocycles. The molecule has 0 saturated heterocycles. The molecule has 0 spiro atoms. The molecule has 0 fully saturated rings. The van der Waals surface area contributed by atoms with Crippen LogP contribution in [0.2, 0.25) is 0 Å². The Kier molecular flexibility index (Phi) is 6.29. The van der Waals surface area contributed by atoms with E-state index in [4.69, 9.17) is 4.74 Å². The number of thiocarbonyl (C=S) groups is 1. The van der Waals surface area contributed by atoms with Crippen LogP contribution in [-0.2, 0) is 23.8 Å². The van der Waals surface area contributed by atoms with E-state index in [-0.39, 0.29) is 33.9 Å². The van der Waals surface area contributed by atoms with Crippen molar-refractivity contribution in [3.8, 4) is 0 Å². The SMILES string of the molecule is S=C([S-])OCCCc1cccc2n[nH]nc12.[Na+]. The largest absolute Gasteiger partial charge is 1.00 e. The molecule has 0 amide bonds. The molecule has 0 unspecified atom stereocenters. The number of rotatable bonds is 4. The maximum atomic E-state index is 5.06. The first kappa shape index (κ1) is 14.8. The van der Waals surface area contributed by atoms with Gasteiger partial charge >= 0.3 is 29.6 Å². The molecule has 0 saturated carbocycles. The van der Waals surface area contributed by atoms with E-state index >= 15 is 0 Å². The van der Waals surface area contributed by atoms with E-state index in [0.29, 0.717) is 6.61 Å². The predicted octanol–water partition coefficient (Wildman–Crippen LogP) is -1.26. The number of nitrogens with one attached hydrogen (secondary N) is 1. The number of fused-ring (bicyclic) bond motifs is 1. The normalized spacial score (nSPS) is 9.88. The molecule has 4 nitrogen and oxygen atoms in total. The van der Waals surface area contributed by atoms with Crippen LogP contribution in [0.15, 0.2) is 18.2 Å². The molecule has 0 radical (unpaired) electrons. The van der Waals surface area contributed by atoms with Gasteiger partial charge in [-0.05, 0) is 24.5 Å². The minimum absolute atomic E-state index is 0. The smallest absolute Gasteiger partial charge is 0.514 e. The molecule has 1 aromatic carbocycles. The maximum Gasteiger partial charge on any atom is 1.00 e. The van der Waals surface area contributed by atoms with Crippen molar-refractivity contribution in [1.29, 1.82) is 0 Å². The van der Waals surface area contributed by atoms with Crippen molar-refractivity contribution < 1.29 is 34.3 Å². The summed E-state index contributed by atoms with van der Waals surface area (Å²) in [4.78, 5) is 0. The quantitative estimate of drug-likeness (QED) is 0.327. The van der Waals surface area contributed by atoms with Crippen molar-refractivity contribution in [2.24, 2.45) is 0 Å². The van der Waals surface area contributed by atoms with Crippen LogP contribution >= 0.6 is 12.2 Å². The molecule has 0 aliphatic carbocycles. The van der Waals surface area contributed by atoms with Crippen LogP contribution in [0.3, 0.4) is 0 Å². The van der Waals surface area contributed by atoms with Crippen LogP contribution in [0.4, 0.5) is 0 Å². The average molecular weight is 275 g/mol. The Balaban J connectivity index is 0.00000144. The van der Waals surface area contributed by atoms with Gasteiger partial charge in [-0.15, -0.1) is 0 Å². The second-order valence-electron chi connectivity index (χ2n) is 3.31.